The maximum Gasteiger partial charge on any atom is 0.259 e. The molecule has 0 aliphatic rings. The summed E-state index contributed by atoms with van der Waals surface area (Å²) in [6.45, 7) is 7.21. The molecule has 0 aliphatic carbocycles. The number of anilines is 1. The number of hydrogen-bond acceptors (Lipinski definition) is 6. The lowest BCUT2D eigenvalue weighted by atomic mass is 10.0. The standard InChI is InChI=1S/C38H54N2O6/c1-4-5-6-7-8-9-10-11-12-13-14-19-25-45-34-23-18-17-22-33(34)40-38(43)32-27-35(30-20-15-16-21-31(30)37(32)42)46-28-36(41)39-24-26-44-29(2)3/h15-18,20-23,27,29,42H,4-14,19,24-26,28H2,1-3H3,(H,39,41)(H,40,43). The SMILES string of the molecule is CCCCCCCCCCCCCCOc1ccccc1NC(=O)c1cc(OCC(=O)NCCOC(C)C)c2ccccc2c1O. The summed E-state index contributed by atoms with van der Waals surface area (Å²) in [5.41, 5.74) is 0.555. The van der Waals surface area contributed by atoms with Gasteiger partial charge in [-0.05, 0) is 38.5 Å². The number of carbonyl (C=O) groups excluding carboxylic acids is 2. The van der Waals surface area contributed by atoms with Gasteiger partial charge in [0, 0.05) is 17.3 Å². The molecule has 0 aromatic heterocycles. The molecule has 8 nitrogen and oxygen atoms in total. The molecule has 3 rings (SSSR count). The number of rotatable bonds is 23. The van der Waals surface area contributed by atoms with Crippen molar-refractivity contribution in [3.8, 4) is 17.2 Å². The van der Waals surface area contributed by atoms with Crippen LogP contribution in [0.5, 0.6) is 17.2 Å². The van der Waals surface area contributed by atoms with Gasteiger partial charge in [0.05, 0.1) is 30.6 Å². The first-order valence-electron chi connectivity index (χ1n) is 17.2. The normalized spacial score (nSPS) is 11.1. The molecule has 46 heavy (non-hydrogen) atoms. The van der Waals surface area contributed by atoms with Crippen LogP contribution in [-0.4, -0.2) is 49.4 Å². The monoisotopic (exact) mass is 634 g/mol. The fourth-order valence-corrected chi connectivity index (χ4v) is 5.31. The van der Waals surface area contributed by atoms with Crippen molar-refractivity contribution in [2.45, 2.75) is 104 Å². The van der Waals surface area contributed by atoms with Gasteiger partial charge in [0.15, 0.2) is 6.61 Å². The van der Waals surface area contributed by atoms with Crippen LogP contribution in [0.4, 0.5) is 5.69 Å². The van der Waals surface area contributed by atoms with Crippen LogP contribution < -0.4 is 20.1 Å². The van der Waals surface area contributed by atoms with E-state index in [0.29, 0.717) is 47.7 Å². The molecule has 0 saturated carbocycles. The summed E-state index contributed by atoms with van der Waals surface area (Å²) in [5.74, 6) is -0.0809. The van der Waals surface area contributed by atoms with E-state index in [1.807, 2.05) is 38.1 Å². The Labute approximate surface area is 275 Å². The highest BCUT2D eigenvalue weighted by atomic mass is 16.5. The number of carbonyl (C=O) groups is 2. The van der Waals surface area contributed by atoms with Gasteiger partial charge in [0.25, 0.3) is 11.8 Å². The highest BCUT2D eigenvalue weighted by Crippen LogP contribution is 2.37. The number of ether oxygens (including phenoxy) is 3. The van der Waals surface area contributed by atoms with Crippen LogP contribution in [0.25, 0.3) is 10.8 Å². The minimum atomic E-state index is -0.509. The zero-order chi connectivity index (χ0) is 33.0. The van der Waals surface area contributed by atoms with E-state index in [-0.39, 0.29) is 29.9 Å². The van der Waals surface area contributed by atoms with Crippen LogP contribution in [0.1, 0.15) is 108 Å². The van der Waals surface area contributed by atoms with Gasteiger partial charge >= 0.3 is 0 Å². The topological polar surface area (TPSA) is 106 Å². The molecule has 2 amide bonds. The lowest BCUT2D eigenvalue weighted by molar-refractivity contribution is -0.123. The Morgan fingerprint density at radius 2 is 1.35 bits per heavy atom. The van der Waals surface area contributed by atoms with E-state index in [1.165, 1.54) is 70.3 Å². The maximum atomic E-state index is 13.5. The maximum absolute atomic E-state index is 13.5. The number of para-hydroxylation sites is 2. The van der Waals surface area contributed by atoms with Gasteiger partial charge in [-0.1, -0.05) is 114 Å². The van der Waals surface area contributed by atoms with E-state index in [0.717, 1.165) is 12.8 Å². The molecule has 3 N–H and O–H groups in total. The Morgan fingerprint density at radius 1 is 0.739 bits per heavy atom. The molecule has 0 unspecified atom stereocenters. The van der Waals surface area contributed by atoms with Crippen molar-refractivity contribution >= 4 is 28.3 Å². The highest BCUT2D eigenvalue weighted by molar-refractivity contribution is 6.11. The molecule has 0 atom stereocenters. The Bertz CT molecular complexity index is 1340. The highest BCUT2D eigenvalue weighted by Gasteiger charge is 2.20. The molecule has 0 aliphatic heterocycles. The van der Waals surface area contributed by atoms with E-state index in [1.54, 1.807) is 24.3 Å². The molecule has 0 radical (unpaired) electrons. The summed E-state index contributed by atoms with van der Waals surface area (Å²) in [4.78, 5) is 25.8. The molecule has 3 aromatic rings. The van der Waals surface area contributed by atoms with Gasteiger partial charge in [-0.3, -0.25) is 9.59 Å². The Morgan fingerprint density at radius 3 is 2.02 bits per heavy atom. The number of fused-ring (bicyclic) bond motifs is 1. The summed E-state index contributed by atoms with van der Waals surface area (Å²) in [6.07, 6.45) is 15.4. The molecule has 0 bridgehead atoms. The van der Waals surface area contributed by atoms with Crippen molar-refractivity contribution in [2.24, 2.45) is 0 Å². The van der Waals surface area contributed by atoms with Crippen molar-refractivity contribution < 1.29 is 28.9 Å². The van der Waals surface area contributed by atoms with Gasteiger partial charge in [-0.25, -0.2) is 0 Å². The fraction of sp³-hybridized carbons (Fsp3) is 0.526. The summed E-state index contributed by atoms with van der Waals surface area (Å²) in [7, 11) is 0. The molecule has 0 fully saturated rings. The Kier molecular flexibility index (Phi) is 16.8. The molecular formula is C38H54N2O6. The van der Waals surface area contributed by atoms with Crippen LogP contribution in [-0.2, 0) is 9.53 Å². The van der Waals surface area contributed by atoms with E-state index in [9.17, 15) is 14.7 Å². The first kappa shape index (κ1) is 36.7. The van der Waals surface area contributed by atoms with E-state index in [2.05, 4.69) is 17.6 Å². The van der Waals surface area contributed by atoms with Crippen molar-refractivity contribution in [1.82, 2.24) is 5.32 Å². The third kappa shape index (κ3) is 12.9. The van der Waals surface area contributed by atoms with Crippen LogP contribution in [0.3, 0.4) is 0 Å². The summed E-state index contributed by atoms with van der Waals surface area (Å²) in [6, 6.07) is 15.8. The molecule has 0 saturated heterocycles. The van der Waals surface area contributed by atoms with Gasteiger partial charge in [-0.2, -0.15) is 0 Å². The molecule has 0 spiro atoms. The van der Waals surface area contributed by atoms with Crippen molar-refractivity contribution in [1.29, 1.82) is 0 Å². The lowest BCUT2D eigenvalue weighted by Crippen LogP contribution is -2.32. The number of aromatic hydroxyl groups is 1. The largest absolute Gasteiger partial charge is 0.506 e. The number of hydrogen-bond donors (Lipinski definition) is 3. The number of phenols is 1. The zero-order valence-corrected chi connectivity index (χ0v) is 28.1. The first-order valence-corrected chi connectivity index (χ1v) is 17.2. The second-order valence-electron chi connectivity index (χ2n) is 12.1. The van der Waals surface area contributed by atoms with E-state index in [4.69, 9.17) is 14.2 Å². The number of amides is 2. The average molecular weight is 635 g/mol. The van der Waals surface area contributed by atoms with Gasteiger partial charge in [0.1, 0.15) is 17.2 Å². The van der Waals surface area contributed by atoms with E-state index < -0.39 is 5.91 Å². The Balaban J connectivity index is 1.51. The second kappa shape index (κ2) is 21.1. The number of unbranched alkanes of at least 4 members (excludes halogenated alkanes) is 11. The molecule has 0 heterocycles. The predicted octanol–water partition coefficient (Wildman–Crippen LogP) is 8.80. The zero-order valence-electron chi connectivity index (χ0n) is 28.1. The molecular weight excluding hydrogens is 580 g/mol. The average Bonchev–Trinajstić information content (AvgIpc) is 3.05. The number of nitrogens with one attached hydrogen (secondary N) is 2. The van der Waals surface area contributed by atoms with Crippen molar-refractivity contribution in [3.05, 3.63) is 60.2 Å². The van der Waals surface area contributed by atoms with Crippen LogP contribution in [0.2, 0.25) is 0 Å². The Hall–Kier alpha value is -3.78. The summed E-state index contributed by atoms with van der Waals surface area (Å²) in [5, 5.41) is 17.7. The first-order chi connectivity index (χ1) is 22.4. The fourth-order valence-electron chi connectivity index (χ4n) is 5.31. The molecule has 8 heteroatoms. The van der Waals surface area contributed by atoms with Gasteiger partial charge in [0.2, 0.25) is 0 Å². The quantitative estimate of drug-likeness (QED) is 0.0901. The molecule has 3 aromatic carbocycles. The minimum absolute atomic E-state index is 0.0372. The third-order valence-electron chi connectivity index (χ3n) is 7.85. The van der Waals surface area contributed by atoms with Gasteiger partial charge < -0.3 is 30.0 Å². The number of benzene rings is 3. The van der Waals surface area contributed by atoms with Crippen LogP contribution in [0.15, 0.2) is 54.6 Å². The molecule has 252 valence electrons. The third-order valence-corrected chi connectivity index (χ3v) is 7.85. The van der Waals surface area contributed by atoms with Crippen LogP contribution >= 0.6 is 0 Å². The van der Waals surface area contributed by atoms with Gasteiger partial charge in [-0.15, -0.1) is 0 Å². The van der Waals surface area contributed by atoms with Crippen LogP contribution in [0, 0.1) is 0 Å². The summed E-state index contributed by atoms with van der Waals surface area (Å²) >= 11 is 0. The van der Waals surface area contributed by atoms with Crippen molar-refractivity contribution in [2.75, 3.05) is 31.7 Å². The second-order valence-corrected chi connectivity index (χ2v) is 12.1. The summed E-state index contributed by atoms with van der Waals surface area (Å²) < 4.78 is 17.3. The van der Waals surface area contributed by atoms with E-state index >= 15 is 0 Å². The predicted molar refractivity (Wildman–Crippen MR) is 186 cm³/mol. The van der Waals surface area contributed by atoms with Crippen molar-refractivity contribution in [3.63, 3.8) is 0 Å². The number of phenolic OH excluding ortho intramolecular Hbond substituents is 1. The smallest absolute Gasteiger partial charge is 0.259 e. The lowest BCUT2D eigenvalue weighted by Gasteiger charge is -2.16. The minimum Gasteiger partial charge on any atom is -0.506 e.